The van der Waals surface area contributed by atoms with Crippen LogP contribution in [-0.2, 0) is 21.4 Å². The Bertz CT molecular complexity index is 924. The second-order valence-corrected chi connectivity index (χ2v) is 8.63. The molecular weight excluding hydrogens is 404 g/mol. The largest absolute Gasteiger partial charge is 0.300 e. The van der Waals surface area contributed by atoms with Gasteiger partial charge in [0.2, 0.25) is 0 Å². The maximum atomic E-state index is 15.0. The van der Waals surface area contributed by atoms with E-state index in [1.165, 1.54) is 13.0 Å². The average molecular weight is 432 g/mol. The number of thiol groups is 1. The van der Waals surface area contributed by atoms with Crippen LogP contribution in [0.3, 0.4) is 0 Å². The summed E-state index contributed by atoms with van der Waals surface area (Å²) >= 11 is 4.10. The van der Waals surface area contributed by atoms with E-state index in [1.54, 1.807) is 0 Å². The molecule has 1 aliphatic rings. The van der Waals surface area contributed by atoms with Crippen LogP contribution in [0.25, 0.3) is 0 Å². The van der Waals surface area contributed by atoms with Crippen LogP contribution >= 0.6 is 12.8 Å². The Morgan fingerprint density at radius 3 is 2.37 bits per heavy atom. The highest BCUT2D eigenvalue weighted by molar-refractivity contribution is 7.78. The van der Waals surface area contributed by atoms with Crippen molar-refractivity contribution in [2.75, 3.05) is 0 Å². The average Bonchev–Trinajstić information content (AvgIpc) is 2.71. The third kappa shape index (κ3) is 4.65. The zero-order valence-electron chi connectivity index (χ0n) is 17.3. The molecule has 160 valence electrons. The molecule has 2 aromatic carbocycles. The van der Waals surface area contributed by atoms with Gasteiger partial charge in [0.1, 0.15) is 23.2 Å². The van der Waals surface area contributed by atoms with E-state index in [0.717, 1.165) is 24.5 Å². The van der Waals surface area contributed by atoms with Gasteiger partial charge in [0, 0.05) is 24.4 Å². The molecule has 2 atom stereocenters. The first-order valence-corrected chi connectivity index (χ1v) is 10.7. The normalized spacial score (nSPS) is 17.3. The molecule has 3 nitrogen and oxygen atoms in total. The number of Topliss-reactive ketones (excluding diaryl/α,β-unsaturated/α-hetero) is 2. The molecule has 0 saturated heterocycles. The van der Waals surface area contributed by atoms with E-state index in [0.29, 0.717) is 6.42 Å². The number of nitrogens with one attached hydrogen (secondary N) is 1. The molecule has 0 heterocycles. The lowest BCUT2D eigenvalue weighted by Gasteiger charge is -2.38. The van der Waals surface area contributed by atoms with Crippen LogP contribution in [0.15, 0.2) is 42.5 Å². The third-order valence-electron chi connectivity index (χ3n) is 6.23. The van der Waals surface area contributed by atoms with E-state index in [4.69, 9.17) is 0 Å². The van der Waals surface area contributed by atoms with Crippen LogP contribution in [0, 0.1) is 11.6 Å². The number of benzene rings is 2. The second-order valence-electron chi connectivity index (χ2n) is 8.37. The number of rotatable bonds is 9. The lowest BCUT2D eigenvalue weighted by molar-refractivity contribution is -0.138. The molecule has 2 aromatic rings. The second kappa shape index (κ2) is 9.40. The van der Waals surface area contributed by atoms with Gasteiger partial charge in [0.15, 0.2) is 0 Å². The number of hydrogen-bond donors (Lipinski definition) is 2. The third-order valence-corrected chi connectivity index (χ3v) is 6.67. The van der Waals surface area contributed by atoms with Gasteiger partial charge in [-0.15, -0.1) is 0 Å². The Labute approximate surface area is 181 Å². The lowest BCUT2D eigenvalue weighted by atomic mass is 9.61. The van der Waals surface area contributed by atoms with E-state index in [2.05, 4.69) is 17.5 Å². The van der Waals surface area contributed by atoms with Crippen LogP contribution in [0.4, 0.5) is 8.78 Å². The first-order valence-electron chi connectivity index (χ1n) is 10.2. The van der Waals surface area contributed by atoms with Gasteiger partial charge in [-0.05, 0) is 62.3 Å². The summed E-state index contributed by atoms with van der Waals surface area (Å²) in [7, 11) is 0. The van der Waals surface area contributed by atoms with Crippen molar-refractivity contribution >= 4 is 24.4 Å². The van der Waals surface area contributed by atoms with E-state index in [1.807, 2.05) is 37.3 Å². The Balaban J connectivity index is 1.89. The SMILES string of the molecule is CC(=O)C1(c2cc(F)c(CC(CC[C@H](C)NS)c3ccccc3)cc2F)CC(=O)C1. The van der Waals surface area contributed by atoms with Gasteiger partial charge < -0.3 is 0 Å². The minimum atomic E-state index is -1.22. The minimum absolute atomic E-state index is 0.00000669. The molecule has 30 heavy (non-hydrogen) atoms. The van der Waals surface area contributed by atoms with Gasteiger partial charge >= 0.3 is 0 Å². The summed E-state index contributed by atoms with van der Waals surface area (Å²) in [6.07, 6.45) is 1.85. The molecule has 0 spiro atoms. The molecule has 0 amide bonds. The molecule has 3 rings (SSSR count). The van der Waals surface area contributed by atoms with Crippen molar-refractivity contribution in [3.63, 3.8) is 0 Å². The molecule has 1 aliphatic carbocycles. The molecule has 0 aliphatic heterocycles. The van der Waals surface area contributed by atoms with Crippen LogP contribution < -0.4 is 4.72 Å². The highest BCUT2D eigenvalue weighted by atomic mass is 32.1. The summed E-state index contributed by atoms with van der Waals surface area (Å²) in [6, 6.07) is 12.3. The zero-order chi connectivity index (χ0) is 21.9. The zero-order valence-corrected chi connectivity index (χ0v) is 18.1. The van der Waals surface area contributed by atoms with Gasteiger partial charge in [0.25, 0.3) is 0 Å². The topological polar surface area (TPSA) is 46.2 Å². The van der Waals surface area contributed by atoms with E-state index in [-0.39, 0.29) is 47.5 Å². The molecule has 0 aromatic heterocycles. The van der Waals surface area contributed by atoms with Gasteiger partial charge in [-0.25, -0.2) is 8.78 Å². The standard InChI is InChI=1S/C24H27F2NO2S/c1-15(27-30)8-9-18(17-6-4-3-5-7-17)10-19-11-23(26)21(12-22(19)25)24(16(2)28)13-20(29)14-24/h3-7,11-12,15,18,27,30H,8-10,13-14H2,1-2H3/t15-,18?/m0/s1. The monoisotopic (exact) mass is 431 g/mol. The Morgan fingerprint density at radius 2 is 1.80 bits per heavy atom. The number of carbonyl (C=O) groups excluding carboxylic acids is 2. The fourth-order valence-electron chi connectivity index (χ4n) is 4.25. The van der Waals surface area contributed by atoms with Gasteiger partial charge in [-0.1, -0.05) is 43.1 Å². The van der Waals surface area contributed by atoms with Crippen molar-refractivity contribution in [1.82, 2.24) is 4.72 Å². The fraction of sp³-hybridized carbons (Fsp3) is 0.417. The van der Waals surface area contributed by atoms with Crippen molar-refractivity contribution in [2.24, 2.45) is 0 Å². The van der Waals surface area contributed by atoms with Crippen molar-refractivity contribution in [3.8, 4) is 0 Å². The summed E-state index contributed by atoms with van der Waals surface area (Å²) in [5.74, 6) is -1.55. The Morgan fingerprint density at radius 1 is 1.13 bits per heavy atom. The number of carbonyl (C=O) groups is 2. The van der Waals surface area contributed by atoms with Gasteiger partial charge in [0.05, 0.1) is 5.41 Å². The van der Waals surface area contributed by atoms with Crippen molar-refractivity contribution in [1.29, 1.82) is 0 Å². The number of hydrogen-bond acceptors (Lipinski definition) is 4. The van der Waals surface area contributed by atoms with Crippen molar-refractivity contribution in [3.05, 3.63) is 70.8 Å². The molecule has 1 saturated carbocycles. The summed E-state index contributed by atoms with van der Waals surface area (Å²) < 4.78 is 32.9. The van der Waals surface area contributed by atoms with Crippen LogP contribution in [0.1, 0.15) is 62.1 Å². The fourth-order valence-corrected chi connectivity index (χ4v) is 4.38. The first kappa shape index (κ1) is 22.6. The highest BCUT2D eigenvalue weighted by Gasteiger charge is 2.50. The quantitative estimate of drug-likeness (QED) is 0.544. The summed E-state index contributed by atoms with van der Waals surface area (Å²) in [5.41, 5.74) is 0.131. The van der Waals surface area contributed by atoms with E-state index < -0.39 is 17.0 Å². The maximum absolute atomic E-state index is 15.0. The molecule has 6 heteroatoms. The van der Waals surface area contributed by atoms with Crippen LogP contribution in [0.5, 0.6) is 0 Å². The number of halogens is 2. The van der Waals surface area contributed by atoms with Crippen LogP contribution in [-0.4, -0.2) is 17.6 Å². The summed E-state index contributed by atoms with van der Waals surface area (Å²) in [6.45, 7) is 3.35. The number of ketones is 2. The molecule has 1 fully saturated rings. The maximum Gasteiger partial charge on any atom is 0.141 e. The molecule has 0 bridgehead atoms. The Hall–Kier alpha value is -2.05. The van der Waals surface area contributed by atoms with Gasteiger partial charge in [-0.3, -0.25) is 14.3 Å². The minimum Gasteiger partial charge on any atom is -0.300 e. The Kier molecular flexibility index (Phi) is 7.09. The summed E-state index contributed by atoms with van der Waals surface area (Å²) in [4.78, 5) is 23.7. The predicted octanol–water partition coefficient (Wildman–Crippen LogP) is 5.08. The lowest BCUT2D eigenvalue weighted by Crippen LogP contribution is -2.48. The predicted molar refractivity (Wildman–Crippen MR) is 117 cm³/mol. The van der Waals surface area contributed by atoms with Gasteiger partial charge in [-0.2, -0.15) is 0 Å². The van der Waals surface area contributed by atoms with Crippen molar-refractivity contribution in [2.45, 2.75) is 63.3 Å². The molecule has 0 radical (unpaired) electrons. The first-order chi connectivity index (χ1) is 14.3. The molecular formula is C24H27F2NO2S. The van der Waals surface area contributed by atoms with Crippen LogP contribution in [0.2, 0.25) is 0 Å². The van der Waals surface area contributed by atoms with Crippen molar-refractivity contribution < 1.29 is 18.4 Å². The molecule has 1 unspecified atom stereocenters. The molecule has 1 N–H and O–H groups in total. The highest BCUT2D eigenvalue weighted by Crippen LogP contribution is 2.44. The van der Waals surface area contributed by atoms with E-state index >= 15 is 8.78 Å². The van der Waals surface area contributed by atoms with E-state index in [9.17, 15) is 9.59 Å². The smallest absolute Gasteiger partial charge is 0.141 e. The summed E-state index contributed by atoms with van der Waals surface area (Å²) in [5, 5.41) is 0.